The first-order chi connectivity index (χ1) is 14.9. The van der Waals surface area contributed by atoms with Gasteiger partial charge in [0.15, 0.2) is 6.10 Å². The van der Waals surface area contributed by atoms with Crippen LogP contribution in [-0.2, 0) is 46.5 Å². The van der Waals surface area contributed by atoms with E-state index in [-0.39, 0.29) is 13.2 Å². The van der Waals surface area contributed by atoms with Crippen LogP contribution in [0.25, 0.3) is 0 Å². The third-order valence-corrected chi connectivity index (χ3v) is 4.91. The van der Waals surface area contributed by atoms with Crippen LogP contribution >= 0.6 is 0 Å². The second-order valence-electron chi connectivity index (χ2n) is 7.68. The molecule has 2 aromatic carbocycles. The van der Waals surface area contributed by atoms with E-state index in [2.05, 4.69) is 0 Å². The number of rotatable bonds is 9. The Morgan fingerprint density at radius 3 is 1.97 bits per heavy atom. The van der Waals surface area contributed by atoms with Gasteiger partial charge in [-0.2, -0.15) is 0 Å². The van der Waals surface area contributed by atoms with Gasteiger partial charge in [0.2, 0.25) is 6.29 Å². The maximum Gasteiger partial charge on any atom is 0.305 e. The van der Waals surface area contributed by atoms with Crippen molar-refractivity contribution in [2.75, 3.05) is 6.61 Å². The fourth-order valence-corrected chi connectivity index (χ4v) is 3.55. The molecule has 1 unspecified atom stereocenters. The zero-order valence-electron chi connectivity index (χ0n) is 18.0. The van der Waals surface area contributed by atoms with Crippen molar-refractivity contribution in [3.05, 3.63) is 71.8 Å². The van der Waals surface area contributed by atoms with Crippen LogP contribution in [0, 0.1) is 0 Å². The summed E-state index contributed by atoms with van der Waals surface area (Å²) in [5.41, 5.74) is 0.954. The number of esters is 2. The van der Waals surface area contributed by atoms with Crippen LogP contribution in [0.3, 0.4) is 0 Å². The zero-order chi connectivity index (χ0) is 22.3. The molecule has 0 bridgehead atoms. The van der Waals surface area contributed by atoms with Gasteiger partial charge in [0.25, 0.3) is 0 Å². The highest BCUT2D eigenvalue weighted by Gasteiger charge is 2.57. The minimum Gasteiger partial charge on any atom is -0.453 e. The van der Waals surface area contributed by atoms with E-state index in [9.17, 15) is 9.59 Å². The maximum absolute atomic E-state index is 11.8. The van der Waals surface area contributed by atoms with Crippen LogP contribution in [0.4, 0.5) is 0 Å². The van der Waals surface area contributed by atoms with Gasteiger partial charge in [-0.15, -0.1) is 0 Å². The number of ether oxygens (including phenoxy) is 5. The summed E-state index contributed by atoms with van der Waals surface area (Å²) in [4.78, 5) is 23.4. The lowest BCUT2D eigenvalue weighted by atomic mass is 9.98. The number of carbonyl (C=O) groups excluding carboxylic acids is 2. The fourth-order valence-electron chi connectivity index (χ4n) is 3.55. The van der Waals surface area contributed by atoms with Gasteiger partial charge in [-0.25, -0.2) is 0 Å². The Bertz CT molecular complexity index is 855. The first kappa shape index (κ1) is 22.9. The Morgan fingerprint density at radius 2 is 1.42 bits per heavy atom. The summed E-state index contributed by atoms with van der Waals surface area (Å²) in [7, 11) is 0. The monoisotopic (exact) mass is 428 g/mol. The predicted octanol–water partition coefficient (Wildman–Crippen LogP) is 3.40. The number of carbonyl (C=O) groups is 2. The number of hydrogen-bond acceptors (Lipinski definition) is 7. The molecule has 1 fully saturated rings. The molecular weight excluding hydrogens is 400 g/mol. The molecule has 7 nitrogen and oxygen atoms in total. The van der Waals surface area contributed by atoms with E-state index in [0.29, 0.717) is 6.61 Å². The van der Waals surface area contributed by atoms with Gasteiger partial charge in [-0.3, -0.25) is 9.59 Å². The Hall–Kier alpha value is -2.74. The molecule has 0 aliphatic carbocycles. The molecule has 1 aliphatic rings. The molecule has 4 atom stereocenters. The summed E-state index contributed by atoms with van der Waals surface area (Å²) in [6.45, 7) is 5.16. The maximum atomic E-state index is 11.8. The van der Waals surface area contributed by atoms with E-state index in [0.717, 1.165) is 11.1 Å². The van der Waals surface area contributed by atoms with E-state index in [1.165, 1.54) is 13.8 Å². The van der Waals surface area contributed by atoms with Crippen molar-refractivity contribution in [2.45, 2.75) is 58.1 Å². The second-order valence-corrected chi connectivity index (χ2v) is 7.68. The molecule has 0 saturated carbocycles. The minimum absolute atomic E-state index is 0.150. The largest absolute Gasteiger partial charge is 0.453 e. The predicted molar refractivity (Wildman–Crippen MR) is 112 cm³/mol. The minimum atomic E-state index is -1.09. The number of benzene rings is 2. The van der Waals surface area contributed by atoms with Gasteiger partial charge in [-0.1, -0.05) is 60.7 Å². The summed E-state index contributed by atoms with van der Waals surface area (Å²) in [5, 5.41) is 0. The van der Waals surface area contributed by atoms with Crippen molar-refractivity contribution in [1.82, 2.24) is 0 Å². The van der Waals surface area contributed by atoms with Crippen molar-refractivity contribution in [1.29, 1.82) is 0 Å². The molecule has 0 N–H and O–H groups in total. The standard InChI is InChI=1S/C24H28O7/c1-17(25)29-21-22(28-15-20-12-8-5-9-13-20)24(3,31-23(21)30-18(2)26)16-27-14-19-10-6-4-7-11-19/h4-13,21-23H,14-16H2,1-3H3/t21-,22+,23?,24-/m1/s1. The van der Waals surface area contributed by atoms with Crippen molar-refractivity contribution >= 4 is 11.9 Å². The molecule has 0 radical (unpaired) electrons. The van der Waals surface area contributed by atoms with E-state index in [1.807, 2.05) is 60.7 Å². The molecule has 1 heterocycles. The lowest BCUT2D eigenvalue weighted by Crippen LogP contribution is -2.47. The highest BCUT2D eigenvalue weighted by atomic mass is 16.8. The third-order valence-electron chi connectivity index (χ3n) is 4.91. The first-order valence-electron chi connectivity index (χ1n) is 10.2. The second kappa shape index (κ2) is 10.5. The molecule has 3 rings (SSSR count). The van der Waals surface area contributed by atoms with Crippen LogP contribution in [0.2, 0.25) is 0 Å². The van der Waals surface area contributed by atoms with Crippen LogP contribution in [0.15, 0.2) is 60.7 Å². The van der Waals surface area contributed by atoms with Crippen LogP contribution < -0.4 is 0 Å². The average molecular weight is 428 g/mol. The summed E-state index contributed by atoms with van der Waals surface area (Å²) in [6.07, 6.45) is -2.72. The molecule has 7 heteroatoms. The Morgan fingerprint density at radius 1 is 0.871 bits per heavy atom. The summed E-state index contributed by atoms with van der Waals surface area (Å²) in [6, 6.07) is 19.3. The smallest absolute Gasteiger partial charge is 0.305 e. The van der Waals surface area contributed by atoms with Crippen LogP contribution in [-0.4, -0.2) is 42.6 Å². The molecule has 0 amide bonds. The molecule has 1 aliphatic heterocycles. The van der Waals surface area contributed by atoms with E-state index >= 15 is 0 Å². The third kappa shape index (κ3) is 6.37. The summed E-state index contributed by atoms with van der Waals surface area (Å²) < 4.78 is 28.9. The highest BCUT2D eigenvalue weighted by Crippen LogP contribution is 2.37. The van der Waals surface area contributed by atoms with Crippen molar-refractivity contribution in [2.24, 2.45) is 0 Å². The van der Waals surface area contributed by atoms with E-state index in [1.54, 1.807) is 6.92 Å². The zero-order valence-corrected chi connectivity index (χ0v) is 18.0. The lowest BCUT2D eigenvalue weighted by molar-refractivity contribution is -0.208. The van der Waals surface area contributed by atoms with Gasteiger partial charge >= 0.3 is 11.9 Å². The lowest BCUT2D eigenvalue weighted by Gasteiger charge is -2.31. The molecule has 31 heavy (non-hydrogen) atoms. The average Bonchev–Trinajstić information content (AvgIpc) is 2.97. The van der Waals surface area contributed by atoms with Crippen LogP contribution in [0.5, 0.6) is 0 Å². The van der Waals surface area contributed by atoms with Crippen molar-refractivity contribution < 1.29 is 33.3 Å². The first-order valence-corrected chi connectivity index (χ1v) is 10.2. The summed E-state index contributed by atoms with van der Waals surface area (Å²) >= 11 is 0. The Balaban J connectivity index is 1.77. The van der Waals surface area contributed by atoms with Gasteiger partial charge in [0, 0.05) is 13.8 Å². The van der Waals surface area contributed by atoms with Crippen molar-refractivity contribution in [3.63, 3.8) is 0 Å². The fraction of sp³-hybridized carbons (Fsp3) is 0.417. The quantitative estimate of drug-likeness (QED) is 0.566. The molecule has 2 aromatic rings. The Kier molecular flexibility index (Phi) is 7.79. The van der Waals surface area contributed by atoms with E-state index < -0.39 is 36.0 Å². The molecule has 1 saturated heterocycles. The molecule has 166 valence electrons. The van der Waals surface area contributed by atoms with Gasteiger partial charge < -0.3 is 23.7 Å². The Labute approximate surface area is 182 Å². The van der Waals surface area contributed by atoms with Crippen molar-refractivity contribution in [3.8, 4) is 0 Å². The molecule has 0 spiro atoms. The van der Waals surface area contributed by atoms with Gasteiger partial charge in [-0.05, 0) is 18.1 Å². The molecular formula is C24H28O7. The topological polar surface area (TPSA) is 80.3 Å². The highest BCUT2D eigenvalue weighted by molar-refractivity contribution is 5.67. The number of hydrogen-bond donors (Lipinski definition) is 0. The molecule has 0 aromatic heterocycles. The SMILES string of the molecule is CC(=O)OC1O[C@](C)(COCc2ccccc2)[C@@H](OCc2ccccc2)[C@H]1OC(C)=O. The van der Waals surface area contributed by atoms with Crippen LogP contribution in [0.1, 0.15) is 31.9 Å². The van der Waals surface area contributed by atoms with Gasteiger partial charge in [0.05, 0.1) is 19.8 Å². The summed E-state index contributed by atoms with van der Waals surface area (Å²) in [5.74, 6) is -1.06. The van der Waals surface area contributed by atoms with E-state index in [4.69, 9.17) is 23.7 Å². The van der Waals surface area contributed by atoms with Gasteiger partial charge in [0.1, 0.15) is 11.7 Å². The normalized spacial score (nSPS) is 25.2.